The van der Waals surface area contributed by atoms with E-state index >= 15 is 0 Å². The van der Waals surface area contributed by atoms with Crippen molar-refractivity contribution >= 4 is 39.3 Å². The van der Waals surface area contributed by atoms with Crippen LogP contribution in [0, 0.1) is 19.0 Å². The Labute approximate surface area is 191 Å². The van der Waals surface area contributed by atoms with Gasteiger partial charge in [-0.05, 0) is 49.8 Å². The van der Waals surface area contributed by atoms with Gasteiger partial charge in [-0.2, -0.15) is 0 Å². The maximum atomic E-state index is 6.41. The molecule has 6 rings (SSSR count). The zero-order chi connectivity index (χ0) is 21.1. The van der Waals surface area contributed by atoms with Gasteiger partial charge in [0.05, 0.1) is 33.7 Å². The van der Waals surface area contributed by atoms with Crippen LogP contribution < -0.4 is 0 Å². The van der Waals surface area contributed by atoms with Gasteiger partial charge < -0.3 is 4.98 Å². The highest BCUT2D eigenvalue weighted by Gasteiger charge is 2.45. The lowest BCUT2D eigenvalue weighted by Gasteiger charge is -2.36. The minimum absolute atomic E-state index is 0.113. The van der Waals surface area contributed by atoms with Crippen LogP contribution in [0.15, 0.2) is 54.6 Å². The number of aromatic amines is 1. The lowest BCUT2D eigenvalue weighted by molar-refractivity contribution is -0.0133. The van der Waals surface area contributed by atoms with Crippen LogP contribution in [-0.4, -0.2) is 31.9 Å². The molecule has 157 valence electrons. The minimum Gasteiger partial charge on any atom is -0.339 e. The summed E-state index contributed by atoms with van der Waals surface area (Å²) in [6, 6.07) is 14.7. The van der Waals surface area contributed by atoms with Gasteiger partial charge in [-0.15, -0.1) is 0 Å². The second kappa shape index (κ2) is 7.44. The first kappa shape index (κ1) is 19.5. The van der Waals surface area contributed by atoms with Crippen LogP contribution in [-0.2, 0) is 0 Å². The molecule has 1 aromatic heterocycles. The van der Waals surface area contributed by atoms with Crippen LogP contribution in [0.3, 0.4) is 0 Å². The van der Waals surface area contributed by atoms with E-state index in [1.54, 1.807) is 0 Å². The van der Waals surface area contributed by atoms with Crippen molar-refractivity contribution in [3.8, 4) is 0 Å². The van der Waals surface area contributed by atoms with E-state index in [-0.39, 0.29) is 6.04 Å². The Morgan fingerprint density at radius 1 is 1.23 bits per heavy atom. The molecule has 2 atom stereocenters. The summed E-state index contributed by atoms with van der Waals surface area (Å²) in [6.07, 6.45) is 7.21. The molecule has 1 radical (unpaired) electrons. The largest absolute Gasteiger partial charge is 0.339 e. The summed E-state index contributed by atoms with van der Waals surface area (Å²) in [6.45, 7) is 7.29. The molecule has 1 saturated carbocycles. The SMILES string of the molecule is C=C1CC(c2nc3cccc(Cl)c3[nH]2)N(N2[C]=C(c3cccc(C)c3)SC2C2CC2)C1. The maximum absolute atomic E-state index is 6.41. The zero-order valence-corrected chi connectivity index (χ0v) is 19.0. The monoisotopic (exact) mass is 447 g/mol. The van der Waals surface area contributed by atoms with Crippen molar-refractivity contribution in [1.29, 1.82) is 0 Å². The highest BCUT2D eigenvalue weighted by molar-refractivity contribution is 8.09. The van der Waals surface area contributed by atoms with Gasteiger partial charge >= 0.3 is 0 Å². The van der Waals surface area contributed by atoms with Gasteiger partial charge in [-0.1, -0.05) is 71.4 Å². The number of para-hydroxylation sites is 1. The normalized spacial score (nSPS) is 24.4. The number of hydrazine groups is 1. The van der Waals surface area contributed by atoms with E-state index in [9.17, 15) is 0 Å². The number of thioether (sulfide) groups is 1. The van der Waals surface area contributed by atoms with E-state index in [4.69, 9.17) is 16.6 Å². The molecule has 1 aliphatic carbocycles. The van der Waals surface area contributed by atoms with Gasteiger partial charge in [0.2, 0.25) is 0 Å². The van der Waals surface area contributed by atoms with Crippen molar-refractivity contribution in [2.75, 3.05) is 6.54 Å². The molecule has 0 amide bonds. The molecule has 1 N–H and O–H groups in total. The van der Waals surface area contributed by atoms with Crippen LogP contribution in [0.4, 0.5) is 0 Å². The predicted molar refractivity (Wildman–Crippen MR) is 128 cm³/mol. The Morgan fingerprint density at radius 2 is 2.06 bits per heavy atom. The van der Waals surface area contributed by atoms with E-state index in [1.807, 2.05) is 30.0 Å². The molecule has 2 fully saturated rings. The summed E-state index contributed by atoms with van der Waals surface area (Å²) >= 11 is 8.36. The highest BCUT2D eigenvalue weighted by atomic mass is 35.5. The predicted octanol–water partition coefficient (Wildman–Crippen LogP) is 6.33. The fourth-order valence-electron chi connectivity index (χ4n) is 4.59. The smallest absolute Gasteiger partial charge is 0.126 e. The van der Waals surface area contributed by atoms with Gasteiger partial charge in [0.1, 0.15) is 5.82 Å². The van der Waals surface area contributed by atoms with Crippen molar-refractivity contribution < 1.29 is 0 Å². The maximum Gasteiger partial charge on any atom is 0.126 e. The number of aromatic nitrogens is 2. The summed E-state index contributed by atoms with van der Waals surface area (Å²) in [5.74, 6) is 1.66. The number of aryl methyl sites for hydroxylation is 1. The van der Waals surface area contributed by atoms with Crippen LogP contribution in [0.5, 0.6) is 0 Å². The summed E-state index contributed by atoms with van der Waals surface area (Å²) < 4.78 is 0. The number of rotatable bonds is 4. The van der Waals surface area contributed by atoms with E-state index < -0.39 is 0 Å². The molecule has 2 unspecified atom stereocenters. The lowest BCUT2D eigenvalue weighted by Crippen LogP contribution is -2.43. The van der Waals surface area contributed by atoms with Crippen molar-refractivity contribution in [2.45, 2.75) is 37.6 Å². The number of hydrogen-bond donors (Lipinski definition) is 1. The summed E-state index contributed by atoms with van der Waals surface area (Å²) in [5, 5.41) is 5.86. The van der Waals surface area contributed by atoms with E-state index in [0.717, 1.165) is 29.8 Å². The Morgan fingerprint density at radius 3 is 2.84 bits per heavy atom. The number of imidazole rings is 1. The molecule has 0 spiro atoms. The first-order chi connectivity index (χ1) is 15.1. The molecule has 3 heterocycles. The van der Waals surface area contributed by atoms with Crippen LogP contribution >= 0.6 is 23.4 Å². The third kappa shape index (κ3) is 3.49. The van der Waals surface area contributed by atoms with E-state index in [2.05, 4.69) is 59.0 Å². The molecule has 0 bridgehead atoms. The fourth-order valence-corrected chi connectivity index (χ4v) is 6.20. The highest BCUT2D eigenvalue weighted by Crippen LogP contribution is 2.52. The Bertz CT molecular complexity index is 1210. The molecule has 2 aliphatic heterocycles. The lowest BCUT2D eigenvalue weighted by atomic mass is 10.1. The first-order valence-electron chi connectivity index (χ1n) is 10.8. The number of hydrogen-bond acceptors (Lipinski definition) is 4. The molecular weight excluding hydrogens is 424 g/mol. The second-order valence-electron chi connectivity index (χ2n) is 8.82. The van der Waals surface area contributed by atoms with Crippen LogP contribution in [0.25, 0.3) is 15.9 Å². The number of halogens is 1. The van der Waals surface area contributed by atoms with Crippen LogP contribution in [0.2, 0.25) is 5.02 Å². The van der Waals surface area contributed by atoms with Gasteiger partial charge in [-0.3, -0.25) is 5.01 Å². The number of H-pyrrole nitrogens is 1. The average molecular weight is 448 g/mol. The zero-order valence-electron chi connectivity index (χ0n) is 17.4. The third-order valence-electron chi connectivity index (χ3n) is 6.31. The van der Waals surface area contributed by atoms with E-state index in [1.165, 1.54) is 34.4 Å². The van der Waals surface area contributed by atoms with Crippen LogP contribution in [0.1, 0.15) is 42.3 Å². The Kier molecular flexibility index (Phi) is 4.67. The van der Waals surface area contributed by atoms with Gasteiger partial charge in [0, 0.05) is 11.4 Å². The molecule has 3 aromatic rings. The average Bonchev–Trinajstić information content (AvgIpc) is 3.18. The molecule has 2 aromatic carbocycles. The molecule has 4 nitrogen and oxygen atoms in total. The van der Waals surface area contributed by atoms with Gasteiger partial charge in [0.15, 0.2) is 0 Å². The number of fused-ring (bicyclic) bond motifs is 1. The fraction of sp³-hybridized carbons (Fsp3) is 0.320. The number of benzene rings is 2. The van der Waals surface area contributed by atoms with E-state index in [0.29, 0.717) is 16.3 Å². The van der Waals surface area contributed by atoms with Gasteiger partial charge in [0.25, 0.3) is 0 Å². The molecule has 6 heteroatoms. The van der Waals surface area contributed by atoms with Crippen molar-refractivity contribution in [3.63, 3.8) is 0 Å². The Balaban J connectivity index is 1.38. The summed E-state index contributed by atoms with van der Waals surface area (Å²) in [7, 11) is 0. The Hall–Kier alpha value is -2.21. The molecular formula is C25H24ClN4S. The standard InChI is InChI=1S/C25H24ClN4S/c1-15-5-3-6-18(11-15)22-14-30(25(31-22)17-9-10-17)29-13-16(2)12-21(29)24-27-20-8-4-7-19(26)23(20)28-24/h3-8,11,17,21,25H,2,9-10,12-13H2,1H3,(H,27,28). The summed E-state index contributed by atoms with van der Waals surface area (Å²) in [4.78, 5) is 9.62. The minimum atomic E-state index is 0.113. The van der Waals surface area contributed by atoms with Crippen molar-refractivity contribution in [2.24, 2.45) is 5.92 Å². The molecule has 3 aliphatic rings. The number of nitrogens with one attached hydrogen (secondary N) is 1. The quantitative estimate of drug-likeness (QED) is 0.474. The molecule has 31 heavy (non-hydrogen) atoms. The van der Waals surface area contributed by atoms with Crippen molar-refractivity contribution in [1.82, 2.24) is 20.0 Å². The molecule has 1 saturated heterocycles. The summed E-state index contributed by atoms with van der Waals surface area (Å²) in [5.41, 5.74) is 5.58. The second-order valence-corrected chi connectivity index (χ2v) is 10.4. The van der Waals surface area contributed by atoms with Crippen molar-refractivity contribution in [3.05, 3.63) is 82.8 Å². The third-order valence-corrected chi connectivity index (χ3v) is 8.01. The van der Waals surface area contributed by atoms with Gasteiger partial charge in [-0.25, -0.2) is 9.99 Å². The topological polar surface area (TPSA) is 35.2 Å². The first-order valence-corrected chi connectivity index (χ1v) is 12.1. The number of nitrogens with zero attached hydrogens (tertiary/aromatic N) is 3.